The van der Waals surface area contributed by atoms with Crippen LogP contribution >= 0.6 is 0 Å². The summed E-state index contributed by atoms with van der Waals surface area (Å²) in [4.78, 5) is 29.4. The molecule has 1 amide bonds. The molecule has 11 nitrogen and oxygen atoms in total. The average molecular weight is 449 g/mol. The van der Waals surface area contributed by atoms with E-state index in [-0.39, 0.29) is 41.1 Å². The second-order valence-electron chi connectivity index (χ2n) is 6.50. The molecule has 0 unspecified atom stereocenters. The molecule has 12 heteroatoms. The first-order valence-electron chi connectivity index (χ1n) is 9.25. The summed E-state index contributed by atoms with van der Waals surface area (Å²) < 4.78 is 36.6. The number of hydrogen-bond acceptors (Lipinski definition) is 9. The molecule has 0 aromatic carbocycles. The maximum atomic E-state index is 12.6. The molecular formula is C19H23N5O6S. The van der Waals surface area contributed by atoms with E-state index in [1.807, 2.05) is 0 Å². The molecule has 0 spiro atoms. The van der Waals surface area contributed by atoms with Crippen molar-refractivity contribution in [2.24, 2.45) is 4.99 Å². The molecule has 1 aromatic rings. The van der Waals surface area contributed by atoms with Gasteiger partial charge in [-0.15, -0.1) is 16.6 Å². The summed E-state index contributed by atoms with van der Waals surface area (Å²) in [5.41, 5.74) is 0.261. The summed E-state index contributed by atoms with van der Waals surface area (Å²) in [7, 11) is -2.31. The normalized spacial score (nSPS) is 18.6. The largest absolute Gasteiger partial charge is 0.416 e. The number of rotatable bonds is 9. The van der Waals surface area contributed by atoms with Gasteiger partial charge in [-0.1, -0.05) is 12.8 Å². The highest BCUT2D eigenvalue weighted by atomic mass is 32.2. The van der Waals surface area contributed by atoms with Crippen LogP contribution in [0.2, 0.25) is 0 Å². The number of methoxy groups -OCH3 is 1. The Kier molecular flexibility index (Phi) is 7.84. The zero-order valence-corrected chi connectivity index (χ0v) is 18.3. The second kappa shape index (κ2) is 10.1. The van der Waals surface area contributed by atoms with E-state index in [0.29, 0.717) is 0 Å². The van der Waals surface area contributed by atoms with E-state index in [4.69, 9.17) is 15.6 Å². The molecule has 1 aliphatic heterocycles. The van der Waals surface area contributed by atoms with Gasteiger partial charge in [0.15, 0.2) is 0 Å². The zero-order valence-electron chi connectivity index (χ0n) is 17.5. The average Bonchev–Trinajstić information content (AvgIpc) is 3.27. The number of amidine groups is 1. The minimum absolute atomic E-state index is 0.00728. The molecular weight excluding hydrogens is 426 g/mol. The summed E-state index contributed by atoms with van der Waals surface area (Å²) in [5, 5.41) is 9.93. The van der Waals surface area contributed by atoms with Crippen molar-refractivity contribution in [2.45, 2.75) is 45.9 Å². The number of carbonyl (C=O) groups excluding carboxylic acids is 2. The minimum Gasteiger partial charge on any atom is -0.416 e. The van der Waals surface area contributed by atoms with Crippen LogP contribution in [-0.4, -0.2) is 55.3 Å². The number of nitrogens with one attached hydrogen (secondary N) is 2. The van der Waals surface area contributed by atoms with Crippen LogP contribution < -0.4 is 10.0 Å². The molecule has 2 heterocycles. The van der Waals surface area contributed by atoms with Gasteiger partial charge in [0.25, 0.3) is 15.9 Å². The smallest absolute Gasteiger partial charge is 0.286 e. The third-order valence-electron chi connectivity index (χ3n) is 4.30. The van der Waals surface area contributed by atoms with Gasteiger partial charge in [0.2, 0.25) is 17.6 Å². The van der Waals surface area contributed by atoms with Gasteiger partial charge in [-0.25, -0.2) is 8.42 Å². The second-order valence-corrected chi connectivity index (χ2v) is 8.32. The van der Waals surface area contributed by atoms with E-state index in [0.717, 1.165) is 0 Å². The lowest BCUT2D eigenvalue weighted by Gasteiger charge is -2.16. The summed E-state index contributed by atoms with van der Waals surface area (Å²) in [5.74, 6) is 1.01. The van der Waals surface area contributed by atoms with Gasteiger partial charge < -0.3 is 14.5 Å². The standard InChI is InChI=1S/C19H23N5O6S/c1-6-8-9-13-12(4)31(27,28)24-17(13)20-11(3)18(26)21-14(7-2)16(25)19-23-22-15(30-19)10-29-5/h1,8-9,11,14H,7,10H2,2-5H3,(H,20,24)(H,21,26)/b9-8-/t11-,14-/m0/s1. The molecule has 0 saturated carbocycles. The lowest BCUT2D eigenvalue weighted by atomic mass is 10.1. The quantitative estimate of drug-likeness (QED) is 0.408. The van der Waals surface area contributed by atoms with Crippen LogP contribution in [0, 0.1) is 12.3 Å². The van der Waals surface area contributed by atoms with E-state index < -0.39 is 33.8 Å². The van der Waals surface area contributed by atoms with Crippen molar-refractivity contribution in [3.63, 3.8) is 0 Å². The predicted octanol–water partition coefficient (Wildman–Crippen LogP) is 0.477. The summed E-state index contributed by atoms with van der Waals surface area (Å²) in [6.45, 7) is 4.62. The van der Waals surface area contributed by atoms with Crippen LogP contribution in [0.15, 0.2) is 32.0 Å². The van der Waals surface area contributed by atoms with Crippen molar-refractivity contribution in [2.75, 3.05) is 7.11 Å². The Morgan fingerprint density at radius 3 is 2.74 bits per heavy atom. The Balaban J connectivity index is 2.17. The molecule has 2 N–H and O–H groups in total. The first-order valence-corrected chi connectivity index (χ1v) is 10.7. The molecule has 0 fully saturated rings. The Morgan fingerprint density at radius 1 is 1.42 bits per heavy atom. The summed E-state index contributed by atoms with van der Waals surface area (Å²) in [6, 6.07) is -1.93. The van der Waals surface area contributed by atoms with Gasteiger partial charge in [0, 0.05) is 12.7 Å². The van der Waals surface area contributed by atoms with E-state index in [9.17, 15) is 18.0 Å². The third kappa shape index (κ3) is 5.65. The number of aromatic nitrogens is 2. The first kappa shape index (κ1) is 24.0. The molecule has 0 saturated heterocycles. The number of amides is 1. The zero-order chi connectivity index (χ0) is 23.2. The number of carbonyl (C=O) groups is 2. The maximum absolute atomic E-state index is 12.6. The molecule has 1 aromatic heterocycles. The molecule has 166 valence electrons. The molecule has 0 bridgehead atoms. The number of sulfonamides is 1. The molecule has 2 atom stereocenters. The number of hydrogen-bond donors (Lipinski definition) is 2. The molecule has 1 aliphatic rings. The van der Waals surface area contributed by atoms with Crippen molar-refractivity contribution in [3.8, 4) is 12.3 Å². The molecule has 0 radical (unpaired) electrons. The van der Waals surface area contributed by atoms with E-state index in [2.05, 4.69) is 31.1 Å². The number of nitrogens with zero attached hydrogens (tertiary/aromatic N) is 3. The molecule has 0 aliphatic carbocycles. The van der Waals surface area contributed by atoms with Crippen molar-refractivity contribution >= 4 is 27.5 Å². The Labute approximate surface area is 180 Å². The van der Waals surface area contributed by atoms with Gasteiger partial charge in [-0.05, 0) is 32.4 Å². The van der Waals surface area contributed by atoms with E-state index >= 15 is 0 Å². The fourth-order valence-corrected chi connectivity index (χ4v) is 3.60. The topological polar surface area (TPSA) is 153 Å². The molecule has 2 rings (SSSR count). The van der Waals surface area contributed by atoms with Gasteiger partial charge in [0.05, 0.1) is 10.9 Å². The number of allylic oxidation sites excluding steroid dienone is 2. The molecule has 31 heavy (non-hydrogen) atoms. The first-order chi connectivity index (χ1) is 14.6. The lowest BCUT2D eigenvalue weighted by molar-refractivity contribution is -0.122. The fraction of sp³-hybridized carbons (Fsp3) is 0.421. The van der Waals surface area contributed by atoms with Crippen LogP contribution in [0.1, 0.15) is 43.8 Å². The summed E-state index contributed by atoms with van der Waals surface area (Å²) in [6.07, 6.45) is 8.20. The van der Waals surface area contributed by atoms with E-state index in [1.54, 1.807) is 6.92 Å². The highest BCUT2D eigenvalue weighted by molar-refractivity contribution is 7.94. The Morgan fingerprint density at radius 2 is 2.13 bits per heavy atom. The van der Waals surface area contributed by atoms with Gasteiger partial charge in [-0.3, -0.25) is 19.3 Å². The van der Waals surface area contributed by atoms with Crippen molar-refractivity contribution in [1.82, 2.24) is 20.2 Å². The van der Waals surface area contributed by atoms with Crippen LogP contribution in [-0.2, 0) is 26.2 Å². The van der Waals surface area contributed by atoms with Crippen LogP contribution in [0.5, 0.6) is 0 Å². The third-order valence-corrected chi connectivity index (χ3v) is 5.79. The number of aliphatic imine (C=N–C) groups is 1. The minimum atomic E-state index is -3.75. The number of terminal acetylenes is 1. The van der Waals surface area contributed by atoms with Crippen molar-refractivity contribution in [3.05, 3.63) is 34.4 Å². The van der Waals surface area contributed by atoms with Crippen LogP contribution in [0.4, 0.5) is 0 Å². The van der Waals surface area contributed by atoms with Gasteiger partial charge in [-0.2, -0.15) is 0 Å². The number of ketones is 1. The highest BCUT2D eigenvalue weighted by Crippen LogP contribution is 2.21. The van der Waals surface area contributed by atoms with Gasteiger partial charge >= 0.3 is 0 Å². The van der Waals surface area contributed by atoms with Gasteiger partial charge in [0.1, 0.15) is 18.5 Å². The van der Waals surface area contributed by atoms with E-state index in [1.165, 1.54) is 33.1 Å². The SMILES string of the molecule is C#C/C=C\C1=C(C)S(=O)(=O)NC1=N[C@@H](C)C(=O)N[C@@H](CC)C(=O)c1nnc(COC)o1. The van der Waals surface area contributed by atoms with Crippen LogP contribution in [0.25, 0.3) is 0 Å². The predicted molar refractivity (Wildman–Crippen MR) is 111 cm³/mol. The van der Waals surface area contributed by atoms with Crippen molar-refractivity contribution < 1.29 is 27.2 Å². The number of ether oxygens (including phenoxy) is 1. The van der Waals surface area contributed by atoms with Crippen molar-refractivity contribution in [1.29, 1.82) is 0 Å². The monoisotopic (exact) mass is 449 g/mol. The fourth-order valence-electron chi connectivity index (χ4n) is 2.58. The highest BCUT2D eigenvalue weighted by Gasteiger charge is 2.31. The Bertz CT molecular complexity index is 1090. The summed E-state index contributed by atoms with van der Waals surface area (Å²) >= 11 is 0. The lowest BCUT2D eigenvalue weighted by Crippen LogP contribution is -2.44. The van der Waals surface area contributed by atoms with Crippen LogP contribution in [0.3, 0.4) is 0 Å². The number of Topliss-reactive ketones (excluding diaryl/α,β-unsaturated/α-hetero) is 1. The maximum Gasteiger partial charge on any atom is 0.286 e. The Hall–Kier alpha value is -3.30.